The Labute approximate surface area is 114 Å². The zero-order valence-electron chi connectivity index (χ0n) is 11.7. The molecule has 0 aromatic rings. The van der Waals surface area contributed by atoms with E-state index in [0.717, 1.165) is 25.7 Å². The third kappa shape index (κ3) is 2.92. The van der Waals surface area contributed by atoms with Crippen LogP contribution in [0.3, 0.4) is 0 Å². The fourth-order valence-corrected chi connectivity index (χ4v) is 3.69. The smallest absolute Gasteiger partial charge is 0.264 e. The summed E-state index contributed by atoms with van der Waals surface area (Å²) in [5, 5.41) is 25.4. The Morgan fingerprint density at radius 1 is 0.895 bits per heavy atom. The number of nitrogens with zero attached hydrogens (tertiary/aromatic N) is 1. The number of rotatable bonds is 1. The maximum absolute atomic E-state index is 11.6. The van der Waals surface area contributed by atoms with Gasteiger partial charge in [0.05, 0.1) is 0 Å². The molecule has 0 spiro atoms. The van der Waals surface area contributed by atoms with Crippen molar-refractivity contribution in [3.63, 3.8) is 0 Å². The molecule has 5 heteroatoms. The minimum atomic E-state index is -1.30. The van der Waals surface area contributed by atoms with E-state index in [1.807, 2.05) is 0 Å². The first-order valence-electron chi connectivity index (χ1n) is 7.73. The van der Waals surface area contributed by atoms with Crippen LogP contribution in [0.15, 0.2) is 0 Å². The molecule has 2 unspecified atom stereocenters. The summed E-state index contributed by atoms with van der Waals surface area (Å²) >= 11 is 0. The summed E-state index contributed by atoms with van der Waals surface area (Å²) in [7, 11) is 0. The fraction of sp³-hybridized carbons (Fsp3) is 1.00. The SMILES string of the molecule is O=[N+]([O-])C12CCCCCCCCCCC1(O)NCC2. The highest BCUT2D eigenvalue weighted by molar-refractivity contribution is 5.04. The summed E-state index contributed by atoms with van der Waals surface area (Å²) in [5.74, 6) is 0. The molecule has 5 nitrogen and oxygen atoms in total. The summed E-state index contributed by atoms with van der Waals surface area (Å²) in [5.41, 5.74) is -2.46. The monoisotopic (exact) mass is 270 g/mol. The molecule has 1 heterocycles. The van der Waals surface area contributed by atoms with Crippen LogP contribution in [0.5, 0.6) is 0 Å². The standard InChI is InChI=1S/C14H26N2O3/c17-14-10-8-6-4-2-1-3-5-7-9-13(14,16(18)19)11-12-15-14/h15,17H,1-12H2. The Bertz CT molecular complexity index is 324. The maximum atomic E-state index is 11.6. The fourth-order valence-electron chi connectivity index (χ4n) is 3.69. The molecule has 110 valence electrons. The van der Waals surface area contributed by atoms with Crippen molar-refractivity contribution in [3.8, 4) is 0 Å². The van der Waals surface area contributed by atoms with Crippen molar-refractivity contribution in [1.29, 1.82) is 0 Å². The topological polar surface area (TPSA) is 75.4 Å². The highest BCUT2D eigenvalue weighted by Crippen LogP contribution is 2.40. The first-order chi connectivity index (χ1) is 9.11. The second kappa shape index (κ2) is 6.18. The molecule has 0 aromatic carbocycles. The lowest BCUT2D eigenvalue weighted by Crippen LogP contribution is -2.60. The van der Waals surface area contributed by atoms with Crippen molar-refractivity contribution in [2.45, 2.75) is 81.9 Å². The molecule has 0 bridgehead atoms. The average Bonchev–Trinajstić information content (AvgIpc) is 2.68. The van der Waals surface area contributed by atoms with Gasteiger partial charge in [-0.1, -0.05) is 38.5 Å². The Kier molecular flexibility index (Phi) is 4.79. The second-order valence-corrected chi connectivity index (χ2v) is 6.15. The van der Waals surface area contributed by atoms with Crippen LogP contribution in [0.2, 0.25) is 0 Å². The second-order valence-electron chi connectivity index (χ2n) is 6.15. The van der Waals surface area contributed by atoms with Crippen LogP contribution in [-0.2, 0) is 0 Å². The minimum Gasteiger partial charge on any atom is -0.369 e. The quantitative estimate of drug-likeness (QED) is 0.567. The molecule has 2 aliphatic rings. The highest BCUT2D eigenvalue weighted by atomic mass is 16.6. The van der Waals surface area contributed by atoms with E-state index < -0.39 is 11.3 Å². The molecule has 0 aromatic heterocycles. The van der Waals surface area contributed by atoms with Gasteiger partial charge in [0.15, 0.2) is 5.72 Å². The lowest BCUT2D eigenvalue weighted by Gasteiger charge is -2.35. The predicted octanol–water partition coefficient (Wildman–Crippen LogP) is 2.60. The van der Waals surface area contributed by atoms with E-state index in [1.165, 1.54) is 25.7 Å². The van der Waals surface area contributed by atoms with Gasteiger partial charge in [-0.05, 0) is 19.3 Å². The zero-order chi connectivity index (χ0) is 13.8. The number of hydrogen-bond acceptors (Lipinski definition) is 4. The van der Waals surface area contributed by atoms with Crippen molar-refractivity contribution < 1.29 is 10.0 Å². The molecule has 1 aliphatic carbocycles. The van der Waals surface area contributed by atoms with Crippen molar-refractivity contribution in [2.75, 3.05) is 6.54 Å². The van der Waals surface area contributed by atoms with Crippen LogP contribution in [0.25, 0.3) is 0 Å². The summed E-state index contributed by atoms with van der Waals surface area (Å²) in [6.07, 6.45) is 10.2. The molecule has 2 fully saturated rings. The summed E-state index contributed by atoms with van der Waals surface area (Å²) in [6.45, 7) is 0.553. The Balaban J connectivity index is 2.14. The van der Waals surface area contributed by atoms with Crippen LogP contribution >= 0.6 is 0 Å². The van der Waals surface area contributed by atoms with Crippen molar-refractivity contribution >= 4 is 0 Å². The maximum Gasteiger partial charge on any atom is 0.264 e. The molecule has 2 rings (SSSR count). The number of nitrogens with one attached hydrogen (secondary N) is 1. The Morgan fingerprint density at radius 3 is 2.00 bits per heavy atom. The Hall–Kier alpha value is -0.680. The number of hydrogen-bond donors (Lipinski definition) is 2. The number of fused-ring (bicyclic) bond motifs is 1. The van der Waals surface area contributed by atoms with Crippen molar-refractivity contribution in [2.24, 2.45) is 0 Å². The molecule has 1 saturated carbocycles. The molecule has 1 saturated heterocycles. The van der Waals surface area contributed by atoms with Crippen molar-refractivity contribution in [3.05, 3.63) is 10.1 Å². The summed E-state index contributed by atoms with van der Waals surface area (Å²) < 4.78 is 0. The van der Waals surface area contributed by atoms with E-state index in [2.05, 4.69) is 5.32 Å². The molecular formula is C14H26N2O3. The minimum absolute atomic E-state index is 0.210. The summed E-state index contributed by atoms with van der Waals surface area (Å²) in [6, 6.07) is 0. The first-order valence-corrected chi connectivity index (χ1v) is 7.73. The molecule has 1 aliphatic heterocycles. The van der Waals surface area contributed by atoms with E-state index in [-0.39, 0.29) is 4.92 Å². The molecule has 0 radical (unpaired) electrons. The van der Waals surface area contributed by atoms with Gasteiger partial charge in [-0.15, -0.1) is 0 Å². The van der Waals surface area contributed by atoms with Gasteiger partial charge < -0.3 is 5.11 Å². The molecule has 2 atom stereocenters. The van der Waals surface area contributed by atoms with Crippen LogP contribution in [0, 0.1) is 10.1 Å². The van der Waals surface area contributed by atoms with E-state index >= 15 is 0 Å². The van der Waals surface area contributed by atoms with E-state index in [9.17, 15) is 15.2 Å². The number of nitro groups is 1. The van der Waals surface area contributed by atoms with Crippen LogP contribution < -0.4 is 5.32 Å². The van der Waals surface area contributed by atoms with E-state index in [4.69, 9.17) is 0 Å². The number of aliphatic hydroxyl groups is 1. The van der Waals surface area contributed by atoms with Gasteiger partial charge in [0.25, 0.3) is 5.54 Å². The largest absolute Gasteiger partial charge is 0.369 e. The van der Waals surface area contributed by atoms with Gasteiger partial charge in [-0.2, -0.15) is 0 Å². The van der Waals surface area contributed by atoms with Gasteiger partial charge >= 0.3 is 0 Å². The first kappa shape index (κ1) is 14.7. The lowest BCUT2D eigenvalue weighted by atomic mass is 9.79. The molecular weight excluding hydrogens is 244 g/mol. The van der Waals surface area contributed by atoms with Crippen LogP contribution in [0.4, 0.5) is 0 Å². The van der Waals surface area contributed by atoms with Gasteiger partial charge in [0.2, 0.25) is 0 Å². The zero-order valence-corrected chi connectivity index (χ0v) is 11.7. The summed E-state index contributed by atoms with van der Waals surface area (Å²) in [4.78, 5) is 11.4. The predicted molar refractivity (Wildman–Crippen MR) is 73.5 cm³/mol. The molecule has 19 heavy (non-hydrogen) atoms. The van der Waals surface area contributed by atoms with Gasteiger partial charge in [0, 0.05) is 24.3 Å². The molecule has 2 N–H and O–H groups in total. The van der Waals surface area contributed by atoms with Gasteiger partial charge in [-0.3, -0.25) is 15.4 Å². The van der Waals surface area contributed by atoms with Crippen LogP contribution in [0.1, 0.15) is 70.6 Å². The van der Waals surface area contributed by atoms with E-state index in [0.29, 0.717) is 25.8 Å². The van der Waals surface area contributed by atoms with Gasteiger partial charge in [-0.25, -0.2) is 0 Å². The van der Waals surface area contributed by atoms with Gasteiger partial charge in [0.1, 0.15) is 0 Å². The normalized spacial score (nSPS) is 37.9. The van der Waals surface area contributed by atoms with Crippen LogP contribution in [-0.4, -0.2) is 27.8 Å². The molecule has 0 amide bonds. The average molecular weight is 270 g/mol. The lowest BCUT2D eigenvalue weighted by molar-refractivity contribution is -0.593. The third-order valence-corrected chi connectivity index (χ3v) is 4.95. The Morgan fingerprint density at radius 2 is 1.42 bits per heavy atom. The highest BCUT2D eigenvalue weighted by Gasteiger charge is 2.62. The third-order valence-electron chi connectivity index (χ3n) is 4.95. The van der Waals surface area contributed by atoms with Crippen molar-refractivity contribution in [1.82, 2.24) is 5.32 Å². The van der Waals surface area contributed by atoms with E-state index in [1.54, 1.807) is 0 Å².